The first-order valence-corrected chi connectivity index (χ1v) is 8.79. The van der Waals surface area contributed by atoms with Crippen molar-refractivity contribution in [1.29, 1.82) is 0 Å². The fourth-order valence-corrected chi connectivity index (χ4v) is 2.98. The van der Waals surface area contributed by atoms with E-state index in [4.69, 9.17) is 0 Å². The number of sulfone groups is 1. The van der Waals surface area contributed by atoms with Gasteiger partial charge < -0.3 is 10.6 Å². The van der Waals surface area contributed by atoms with Crippen LogP contribution in [-0.2, 0) is 19.4 Å². The molecule has 0 fully saturated rings. The third-order valence-electron chi connectivity index (χ3n) is 3.15. The van der Waals surface area contributed by atoms with Crippen LogP contribution in [0.25, 0.3) is 0 Å². The van der Waals surface area contributed by atoms with Crippen molar-refractivity contribution in [2.45, 2.75) is 44.6 Å². The fourth-order valence-electron chi connectivity index (χ4n) is 1.74. The second-order valence-corrected chi connectivity index (χ2v) is 7.26. The van der Waals surface area contributed by atoms with E-state index in [0.29, 0.717) is 5.69 Å². The highest BCUT2D eigenvalue weighted by Gasteiger charge is 2.17. The van der Waals surface area contributed by atoms with Crippen LogP contribution in [0.5, 0.6) is 0 Å². The van der Waals surface area contributed by atoms with Crippen LogP contribution in [-0.4, -0.2) is 32.0 Å². The number of hydrogen-bond donors (Lipinski definition) is 2. The Hall–Kier alpha value is -1.89. The van der Waals surface area contributed by atoms with Crippen molar-refractivity contribution in [1.82, 2.24) is 5.32 Å². The Morgan fingerprint density at radius 2 is 1.77 bits per heavy atom. The van der Waals surface area contributed by atoms with Gasteiger partial charge in [0.1, 0.15) is 0 Å². The first-order valence-electron chi connectivity index (χ1n) is 7.14. The Balaban J connectivity index is 2.66. The highest BCUT2D eigenvalue weighted by atomic mass is 32.2. The van der Waals surface area contributed by atoms with Crippen molar-refractivity contribution in [3.05, 3.63) is 24.3 Å². The molecule has 122 valence electrons. The largest absolute Gasteiger partial charge is 0.354 e. The Kier molecular flexibility index (Phi) is 6.55. The van der Waals surface area contributed by atoms with Gasteiger partial charge in [0.05, 0.1) is 10.6 Å². The summed E-state index contributed by atoms with van der Waals surface area (Å²) in [6, 6.07) is 5.92. The third kappa shape index (κ3) is 5.85. The van der Waals surface area contributed by atoms with E-state index in [2.05, 4.69) is 10.6 Å². The topological polar surface area (TPSA) is 92.3 Å². The van der Waals surface area contributed by atoms with Gasteiger partial charge >= 0.3 is 0 Å². The van der Waals surface area contributed by atoms with Gasteiger partial charge in [-0.3, -0.25) is 9.59 Å². The summed E-state index contributed by atoms with van der Waals surface area (Å²) >= 11 is 0. The maximum atomic E-state index is 12.2. The van der Waals surface area contributed by atoms with Crippen LogP contribution in [0.4, 0.5) is 5.69 Å². The van der Waals surface area contributed by atoms with E-state index < -0.39 is 9.84 Å². The van der Waals surface area contributed by atoms with Crippen LogP contribution < -0.4 is 10.6 Å². The molecule has 1 aromatic carbocycles. The molecule has 6 nitrogen and oxygen atoms in total. The molecule has 1 aromatic rings. The first-order chi connectivity index (χ1) is 10.2. The van der Waals surface area contributed by atoms with Crippen LogP contribution in [0.2, 0.25) is 0 Å². The summed E-state index contributed by atoms with van der Waals surface area (Å²) in [5, 5.41) is 5.30. The molecule has 22 heavy (non-hydrogen) atoms. The maximum Gasteiger partial charge on any atom is 0.221 e. The number of rotatable bonds is 7. The van der Waals surface area contributed by atoms with Crippen molar-refractivity contribution in [2.24, 2.45) is 0 Å². The Bertz CT molecular complexity index is 623. The number of carbonyl (C=O) groups excluding carboxylic acids is 2. The van der Waals surface area contributed by atoms with Gasteiger partial charge in [0.25, 0.3) is 0 Å². The predicted octanol–water partition coefficient (Wildman–Crippen LogP) is 1.72. The second-order valence-electron chi connectivity index (χ2n) is 5.15. The zero-order valence-electron chi connectivity index (χ0n) is 13.0. The molecule has 0 heterocycles. The van der Waals surface area contributed by atoms with Crippen LogP contribution in [0.1, 0.15) is 33.6 Å². The smallest absolute Gasteiger partial charge is 0.221 e. The molecule has 0 aliphatic rings. The average Bonchev–Trinajstić information content (AvgIpc) is 2.45. The molecule has 0 aliphatic heterocycles. The lowest BCUT2D eigenvalue weighted by Gasteiger charge is -2.11. The molecule has 1 rings (SSSR count). The van der Waals surface area contributed by atoms with E-state index in [1.165, 1.54) is 31.2 Å². The molecule has 0 spiro atoms. The number of amides is 2. The van der Waals surface area contributed by atoms with Gasteiger partial charge in [-0.15, -0.1) is 0 Å². The Morgan fingerprint density at radius 3 is 2.27 bits per heavy atom. The zero-order chi connectivity index (χ0) is 16.8. The van der Waals surface area contributed by atoms with Gasteiger partial charge in [-0.2, -0.15) is 0 Å². The summed E-state index contributed by atoms with van der Waals surface area (Å²) in [6.45, 7) is 5.19. The number of anilines is 1. The molecule has 0 saturated carbocycles. The molecule has 0 radical (unpaired) electrons. The molecule has 0 aromatic heterocycles. The minimum absolute atomic E-state index is 0.0344. The quantitative estimate of drug-likeness (QED) is 0.798. The second kappa shape index (κ2) is 7.93. The van der Waals surface area contributed by atoms with Crippen molar-refractivity contribution in [3.63, 3.8) is 0 Å². The molecular weight excluding hydrogens is 304 g/mol. The normalized spacial score (nSPS) is 12.5. The lowest BCUT2D eigenvalue weighted by molar-refractivity contribution is -0.121. The highest BCUT2D eigenvalue weighted by Crippen LogP contribution is 2.16. The van der Waals surface area contributed by atoms with E-state index in [9.17, 15) is 18.0 Å². The monoisotopic (exact) mass is 326 g/mol. The van der Waals surface area contributed by atoms with Crippen molar-refractivity contribution >= 4 is 27.3 Å². The van der Waals surface area contributed by atoms with Gasteiger partial charge in [-0.25, -0.2) is 8.42 Å². The summed E-state index contributed by atoms with van der Waals surface area (Å²) in [7, 11) is -3.52. The minimum Gasteiger partial charge on any atom is -0.354 e. The number of benzene rings is 1. The SMILES string of the molecule is CCC(C)NC(=O)CCS(=O)(=O)c1ccc(NC(C)=O)cc1. The molecule has 1 atom stereocenters. The standard InChI is InChI=1S/C15H22N2O4S/c1-4-11(2)16-15(19)9-10-22(20,21)14-7-5-13(6-8-14)17-12(3)18/h5-8,11H,4,9-10H2,1-3H3,(H,16,19)(H,17,18). The van der Waals surface area contributed by atoms with E-state index in [0.717, 1.165) is 6.42 Å². The van der Waals surface area contributed by atoms with E-state index in [-0.39, 0.29) is 34.9 Å². The Labute approximate surface area is 131 Å². The van der Waals surface area contributed by atoms with Crippen molar-refractivity contribution < 1.29 is 18.0 Å². The summed E-state index contributed by atoms with van der Waals surface area (Å²) < 4.78 is 24.3. The summed E-state index contributed by atoms with van der Waals surface area (Å²) in [4.78, 5) is 22.7. The molecule has 1 unspecified atom stereocenters. The zero-order valence-corrected chi connectivity index (χ0v) is 13.9. The average molecular weight is 326 g/mol. The number of hydrogen-bond acceptors (Lipinski definition) is 4. The maximum absolute atomic E-state index is 12.2. The molecule has 0 saturated heterocycles. The lowest BCUT2D eigenvalue weighted by Crippen LogP contribution is -2.33. The number of nitrogens with one attached hydrogen (secondary N) is 2. The minimum atomic E-state index is -3.52. The molecular formula is C15H22N2O4S. The van der Waals surface area contributed by atoms with Crippen LogP contribution in [0.15, 0.2) is 29.2 Å². The van der Waals surface area contributed by atoms with E-state index in [1.54, 1.807) is 0 Å². The highest BCUT2D eigenvalue weighted by molar-refractivity contribution is 7.91. The molecule has 0 aliphatic carbocycles. The first kappa shape index (κ1) is 18.2. The third-order valence-corrected chi connectivity index (χ3v) is 4.88. The van der Waals surface area contributed by atoms with Crippen molar-refractivity contribution in [3.8, 4) is 0 Å². The summed E-state index contributed by atoms with van der Waals surface area (Å²) in [5.41, 5.74) is 0.529. The molecule has 2 N–H and O–H groups in total. The van der Waals surface area contributed by atoms with E-state index in [1.807, 2.05) is 13.8 Å². The van der Waals surface area contributed by atoms with Crippen LogP contribution >= 0.6 is 0 Å². The van der Waals surface area contributed by atoms with Gasteiger partial charge in [-0.05, 0) is 37.6 Å². The van der Waals surface area contributed by atoms with E-state index >= 15 is 0 Å². The van der Waals surface area contributed by atoms with Gasteiger partial charge in [0.2, 0.25) is 11.8 Å². The lowest BCUT2D eigenvalue weighted by atomic mass is 10.2. The van der Waals surface area contributed by atoms with Gasteiger partial charge in [0.15, 0.2) is 9.84 Å². The Morgan fingerprint density at radius 1 is 1.18 bits per heavy atom. The summed E-state index contributed by atoms with van der Waals surface area (Å²) in [6.07, 6.45) is 0.725. The number of carbonyl (C=O) groups is 2. The van der Waals surface area contributed by atoms with Crippen molar-refractivity contribution in [2.75, 3.05) is 11.1 Å². The molecule has 2 amide bonds. The predicted molar refractivity (Wildman–Crippen MR) is 85.3 cm³/mol. The molecule has 0 bridgehead atoms. The van der Waals surface area contributed by atoms with Gasteiger partial charge in [-0.1, -0.05) is 6.92 Å². The molecule has 7 heteroatoms. The summed E-state index contributed by atoms with van der Waals surface area (Å²) in [5.74, 6) is -0.737. The fraction of sp³-hybridized carbons (Fsp3) is 0.467. The van der Waals surface area contributed by atoms with Crippen LogP contribution in [0, 0.1) is 0 Å². The van der Waals surface area contributed by atoms with Gasteiger partial charge in [0, 0.05) is 25.1 Å². The van der Waals surface area contributed by atoms with Crippen LogP contribution in [0.3, 0.4) is 0 Å².